The van der Waals surface area contributed by atoms with Crippen molar-refractivity contribution in [2.24, 2.45) is 0 Å². The van der Waals surface area contributed by atoms with Gasteiger partial charge in [-0.25, -0.2) is 4.39 Å². The van der Waals surface area contributed by atoms with E-state index in [0.29, 0.717) is 22.4 Å². The van der Waals surface area contributed by atoms with E-state index in [1.807, 2.05) is 19.9 Å². The highest BCUT2D eigenvalue weighted by Gasteiger charge is 2.15. The molecule has 2 rings (SSSR count). The van der Waals surface area contributed by atoms with Crippen molar-refractivity contribution in [3.63, 3.8) is 0 Å². The molecule has 0 saturated heterocycles. The van der Waals surface area contributed by atoms with Crippen LogP contribution >= 0.6 is 0 Å². The van der Waals surface area contributed by atoms with Crippen LogP contribution in [-0.4, -0.2) is 11.9 Å². The van der Waals surface area contributed by atoms with Crippen LogP contribution < -0.4 is 4.74 Å². The van der Waals surface area contributed by atoms with Gasteiger partial charge in [0.25, 0.3) is 0 Å². The number of hydrogen-bond donors (Lipinski definition) is 0. The number of hydrogen-bond acceptors (Lipinski definition) is 2. The van der Waals surface area contributed by atoms with Gasteiger partial charge < -0.3 is 4.74 Å². The zero-order chi connectivity index (χ0) is 14.7. The highest BCUT2D eigenvalue weighted by Crippen LogP contribution is 2.23. The highest BCUT2D eigenvalue weighted by molar-refractivity contribution is 6.10. The fourth-order valence-corrected chi connectivity index (χ4v) is 1.95. The monoisotopic (exact) mass is 272 g/mol. The predicted octanol–water partition coefficient (Wildman–Crippen LogP) is 4.15. The summed E-state index contributed by atoms with van der Waals surface area (Å²) in [5, 5.41) is 0. The van der Waals surface area contributed by atoms with Gasteiger partial charge in [0.2, 0.25) is 0 Å². The van der Waals surface area contributed by atoms with Gasteiger partial charge in [-0.05, 0) is 56.7 Å². The third-order valence-electron chi connectivity index (χ3n) is 2.91. The molecule has 0 spiro atoms. The summed E-state index contributed by atoms with van der Waals surface area (Å²) in [5.74, 6) is 0.0760. The van der Waals surface area contributed by atoms with Crippen LogP contribution in [0, 0.1) is 12.7 Å². The summed E-state index contributed by atoms with van der Waals surface area (Å²) in [7, 11) is 0. The number of benzene rings is 2. The standard InChI is InChI=1S/C17H17FO2/c1-11(2)20-16-7-5-4-6-14(16)17(19)13-8-9-15(18)12(3)10-13/h4-11H,1-3H3. The molecule has 0 saturated carbocycles. The molecular formula is C17H17FO2. The summed E-state index contributed by atoms with van der Waals surface area (Å²) in [6.07, 6.45) is -0.0149. The molecule has 0 fully saturated rings. The zero-order valence-electron chi connectivity index (χ0n) is 11.8. The molecule has 0 aliphatic carbocycles. The first-order valence-corrected chi connectivity index (χ1v) is 6.55. The van der Waals surface area contributed by atoms with Crippen molar-refractivity contribution in [3.8, 4) is 5.75 Å². The second kappa shape index (κ2) is 5.87. The average molecular weight is 272 g/mol. The Morgan fingerprint density at radius 2 is 1.85 bits per heavy atom. The van der Waals surface area contributed by atoms with Crippen LogP contribution in [0.1, 0.15) is 35.3 Å². The maximum atomic E-state index is 13.3. The minimum Gasteiger partial charge on any atom is -0.490 e. The van der Waals surface area contributed by atoms with Gasteiger partial charge in [-0.15, -0.1) is 0 Å². The Bertz CT molecular complexity index is 633. The Morgan fingerprint density at radius 3 is 2.50 bits per heavy atom. The van der Waals surface area contributed by atoms with E-state index in [2.05, 4.69) is 0 Å². The maximum Gasteiger partial charge on any atom is 0.196 e. The molecule has 0 aliphatic heterocycles. The van der Waals surface area contributed by atoms with Gasteiger partial charge in [0.05, 0.1) is 11.7 Å². The molecule has 0 heterocycles. The fourth-order valence-electron chi connectivity index (χ4n) is 1.95. The molecule has 2 nitrogen and oxygen atoms in total. The third kappa shape index (κ3) is 3.05. The highest BCUT2D eigenvalue weighted by atomic mass is 19.1. The van der Waals surface area contributed by atoms with E-state index >= 15 is 0 Å². The average Bonchev–Trinajstić information content (AvgIpc) is 2.41. The Kier molecular flexibility index (Phi) is 4.18. The lowest BCUT2D eigenvalue weighted by atomic mass is 10.0. The van der Waals surface area contributed by atoms with Gasteiger partial charge in [-0.1, -0.05) is 12.1 Å². The van der Waals surface area contributed by atoms with Crippen molar-refractivity contribution in [1.29, 1.82) is 0 Å². The van der Waals surface area contributed by atoms with Gasteiger partial charge in [0, 0.05) is 5.56 Å². The molecule has 104 valence electrons. The lowest BCUT2D eigenvalue weighted by Gasteiger charge is -2.13. The minimum absolute atomic E-state index is 0.0149. The topological polar surface area (TPSA) is 26.3 Å². The lowest BCUT2D eigenvalue weighted by Crippen LogP contribution is -2.10. The van der Waals surface area contributed by atoms with Gasteiger partial charge in [-0.2, -0.15) is 0 Å². The Labute approximate surface area is 118 Å². The van der Waals surface area contributed by atoms with Crippen molar-refractivity contribution in [2.75, 3.05) is 0 Å². The molecule has 0 atom stereocenters. The van der Waals surface area contributed by atoms with Crippen molar-refractivity contribution < 1.29 is 13.9 Å². The normalized spacial score (nSPS) is 10.7. The molecule has 2 aromatic carbocycles. The van der Waals surface area contributed by atoms with Crippen molar-refractivity contribution in [3.05, 3.63) is 65.0 Å². The van der Waals surface area contributed by atoms with Crippen LogP contribution in [0.5, 0.6) is 5.75 Å². The first-order chi connectivity index (χ1) is 9.49. The summed E-state index contributed by atoms with van der Waals surface area (Å²) in [4.78, 5) is 12.5. The van der Waals surface area contributed by atoms with Crippen molar-refractivity contribution in [1.82, 2.24) is 0 Å². The SMILES string of the molecule is Cc1cc(C(=O)c2ccccc2OC(C)C)ccc1F. The Morgan fingerprint density at radius 1 is 1.15 bits per heavy atom. The van der Waals surface area contributed by atoms with Crippen LogP contribution in [0.4, 0.5) is 4.39 Å². The van der Waals surface area contributed by atoms with E-state index in [1.165, 1.54) is 12.1 Å². The molecule has 2 aromatic rings. The van der Waals surface area contributed by atoms with Gasteiger partial charge in [-0.3, -0.25) is 4.79 Å². The summed E-state index contributed by atoms with van der Waals surface area (Å²) >= 11 is 0. The van der Waals surface area contributed by atoms with Crippen LogP contribution in [-0.2, 0) is 0 Å². The Hall–Kier alpha value is -2.16. The quantitative estimate of drug-likeness (QED) is 0.781. The molecule has 0 N–H and O–H groups in total. The van der Waals surface area contributed by atoms with Gasteiger partial charge >= 0.3 is 0 Å². The number of para-hydroxylation sites is 1. The van der Waals surface area contributed by atoms with Crippen LogP contribution in [0.2, 0.25) is 0 Å². The van der Waals surface area contributed by atoms with Gasteiger partial charge in [0.15, 0.2) is 5.78 Å². The first-order valence-electron chi connectivity index (χ1n) is 6.55. The number of carbonyl (C=O) groups excluding carboxylic acids is 1. The molecule has 0 aromatic heterocycles. The smallest absolute Gasteiger partial charge is 0.196 e. The summed E-state index contributed by atoms with van der Waals surface area (Å²) < 4.78 is 18.9. The first kappa shape index (κ1) is 14.3. The molecule has 20 heavy (non-hydrogen) atoms. The van der Waals surface area contributed by atoms with Gasteiger partial charge in [0.1, 0.15) is 11.6 Å². The lowest BCUT2D eigenvalue weighted by molar-refractivity contribution is 0.103. The van der Waals surface area contributed by atoms with E-state index in [-0.39, 0.29) is 17.7 Å². The molecule has 0 radical (unpaired) electrons. The van der Waals surface area contributed by atoms with Crippen molar-refractivity contribution >= 4 is 5.78 Å². The zero-order valence-corrected chi connectivity index (χ0v) is 11.8. The van der Waals surface area contributed by atoms with E-state index in [4.69, 9.17) is 4.74 Å². The van der Waals surface area contributed by atoms with Crippen molar-refractivity contribution in [2.45, 2.75) is 26.9 Å². The van der Waals surface area contributed by atoms with E-state index in [1.54, 1.807) is 31.2 Å². The third-order valence-corrected chi connectivity index (χ3v) is 2.91. The van der Waals surface area contributed by atoms with Crippen LogP contribution in [0.15, 0.2) is 42.5 Å². The van der Waals surface area contributed by atoms with E-state index in [0.717, 1.165) is 0 Å². The number of ketones is 1. The number of carbonyl (C=O) groups is 1. The molecule has 3 heteroatoms. The summed E-state index contributed by atoms with van der Waals surface area (Å²) in [6, 6.07) is 11.5. The van der Waals surface area contributed by atoms with E-state index < -0.39 is 0 Å². The largest absolute Gasteiger partial charge is 0.490 e. The Balaban J connectivity index is 2.40. The molecular weight excluding hydrogens is 255 g/mol. The minimum atomic E-state index is -0.312. The fraction of sp³-hybridized carbons (Fsp3) is 0.235. The van der Waals surface area contributed by atoms with Crippen LogP contribution in [0.25, 0.3) is 0 Å². The summed E-state index contributed by atoms with van der Waals surface area (Å²) in [6.45, 7) is 5.45. The van der Waals surface area contributed by atoms with Crippen LogP contribution in [0.3, 0.4) is 0 Å². The summed E-state index contributed by atoms with van der Waals surface area (Å²) in [5.41, 5.74) is 1.41. The second-order valence-electron chi connectivity index (χ2n) is 4.96. The molecule has 0 aliphatic rings. The number of ether oxygens (including phenoxy) is 1. The molecule has 0 unspecified atom stereocenters. The second-order valence-corrected chi connectivity index (χ2v) is 4.96. The molecule has 0 bridgehead atoms. The number of halogens is 1. The van der Waals surface area contributed by atoms with E-state index in [9.17, 15) is 9.18 Å². The number of rotatable bonds is 4. The number of aryl methyl sites for hydroxylation is 1. The maximum absolute atomic E-state index is 13.3. The predicted molar refractivity (Wildman–Crippen MR) is 76.8 cm³/mol. The molecule has 0 amide bonds.